The van der Waals surface area contributed by atoms with Crippen LogP contribution < -0.4 is 10.1 Å². The van der Waals surface area contributed by atoms with Crippen molar-refractivity contribution in [2.45, 2.75) is 58.7 Å². The van der Waals surface area contributed by atoms with Crippen LogP contribution in [0.2, 0.25) is 0 Å². The van der Waals surface area contributed by atoms with Crippen molar-refractivity contribution >= 4 is 27.5 Å². The number of hydrogen-bond acceptors (Lipinski definition) is 2. The highest BCUT2D eigenvalue weighted by Gasteiger charge is 2.22. The zero-order valence-corrected chi connectivity index (χ0v) is 15.9. The number of hydrogen-bond donors (Lipinski definition) is 1. The van der Waals surface area contributed by atoms with E-state index in [2.05, 4.69) is 34.2 Å². The van der Waals surface area contributed by atoms with Crippen molar-refractivity contribution in [3.63, 3.8) is 0 Å². The van der Waals surface area contributed by atoms with E-state index in [-0.39, 0.29) is 5.91 Å². The van der Waals surface area contributed by atoms with Gasteiger partial charge >= 0.3 is 0 Å². The number of carbonyl (C=O) groups is 1. The molecule has 1 rings (SSSR count). The molecule has 1 aromatic rings. The van der Waals surface area contributed by atoms with Crippen molar-refractivity contribution in [2.75, 3.05) is 11.9 Å². The first-order chi connectivity index (χ1) is 10.3. The largest absolute Gasteiger partial charge is 0.492 e. The van der Waals surface area contributed by atoms with Gasteiger partial charge in [0.25, 0.3) is 0 Å². The summed E-state index contributed by atoms with van der Waals surface area (Å²) in [4.78, 5) is 12.6. The number of anilines is 1. The van der Waals surface area contributed by atoms with Gasteiger partial charge in [0.2, 0.25) is 5.91 Å². The van der Waals surface area contributed by atoms with Gasteiger partial charge in [-0.15, -0.1) is 0 Å². The van der Waals surface area contributed by atoms with Crippen LogP contribution in [0.5, 0.6) is 5.75 Å². The first-order valence-corrected chi connectivity index (χ1v) is 8.90. The molecule has 0 aliphatic heterocycles. The Hall–Kier alpha value is -1.03. The molecule has 0 bridgehead atoms. The Morgan fingerprint density at radius 1 is 1.32 bits per heavy atom. The summed E-state index contributed by atoms with van der Waals surface area (Å²) in [7, 11) is 0. The summed E-state index contributed by atoms with van der Waals surface area (Å²) in [5, 5.41) is 2.97. The summed E-state index contributed by atoms with van der Waals surface area (Å²) >= 11 is 3.71. The van der Waals surface area contributed by atoms with Crippen LogP contribution in [0.1, 0.15) is 53.0 Å². The number of amides is 1. The topological polar surface area (TPSA) is 38.3 Å². The lowest BCUT2D eigenvalue weighted by Crippen LogP contribution is -2.27. The van der Waals surface area contributed by atoms with Gasteiger partial charge in [0, 0.05) is 10.2 Å². The number of nitrogens with one attached hydrogen (secondary N) is 1. The van der Waals surface area contributed by atoms with E-state index < -0.39 is 5.41 Å². The summed E-state index contributed by atoms with van der Waals surface area (Å²) in [6, 6.07) is 6.03. The fraction of sp³-hybridized carbons (Fsp3) is 0.611. The molecule has 0 spiro atoms. The van der Waals surface area contributed by atoms with Gasteiger partial charge in [0.1, 0.15) is 5.75 Å². The van der Waals surface area contributed by atoms with Crippen molar-refractivity contribution in [1.29, 1.82) is 0 Å². The number of benzene rings is 1. The zero-order chi connectivity index (χ0) is 16.8. The maximum atomic E-state index is 12.2. The third kappa shape index (κ3) is 5.99. The Kier molecular flexibility index (Phi) is 7.40. The molecule has 0 heterocycles. The normalized spacial score (nSPS) is 12.8. The Morgan fingerprint density at radius 2 is 2.00 bits per heavy atom. The minimum Gasteiger partial charge on any atom is -0.492 e. The predicted molar refractivity (Wildman–Crippen MR) is 97.0 cm³/mol. The van der Waals surface area contributed by atoms with Crippen molar-refractivity contribution in [1.82, 2.24) is 0 Å². The molecule has 0 saturated carbocycles. The van der Waals surface area contributed by atoms with E-state index in [4.69, 9.17) is 4.74 Å². The van der Waals surface area contributed by atoms with E-state index >= 15 is 0 Å². The average Bonchev–Trinajstić information content (AvgIpc) is 2.41. The first kappa shape index (κ1) is 19.0. The van der Waals surface area contributed by atoms with Crippen LogP contribution in [-0.4, -0.2) is 17.3 Å². The van der Waals surface area contributed by atoms with Crippen LogP contribution in [0.25, 0.3) is 0 Å². The van der Waals surface area contributed by atoms with E-state index in [0.29, 0.717) is 11.4 Å². The monoisotopic (exact) mass is 369 g/mol. The quantitative estimate of drug-likeness (QED) is 0.672. The summed E-state index contributed by atoms with van der Waals surface area (Å²) in [6.45, 7) is 10.4. The fourth-order valence-electron chi connectivity index (χ4n) is 2.05. The molecule has 0 aliphatic rings. The van der Waals surface area contributed by atoms with Crippen LogP contribution in [0, 0.1) is 5.41 Å². The molecular weight excluding hydrogens is 342 g/mol. The summed E-state index contributed by atoms with van der Waals surface area (Å²) in [5.74, 6) is 0.736. The van der Waals surface area contributed by atoms with Crippen molar-refractivity contribution in [3.05, 3.63) is 23.8 Å². The van der Waals surface area contributed by atoms with Crippen LogP contribution in [0.4, 0.5) is 5.69 Å². The molecule has 22 heavy (non-hydrogen) atoms. The molecule has 1 N–H and O–H groups in total. The lowest BCUT2D eigenvalue weighted by molar-refractivity contribution is -0.123. The standard InChI is InChI=1S/C18H28BrNO2/c1-6-8-14(19)11-13-9-10-15(16(12-13)22-7-2)20-17(21)18(3,4)5/h9-10,12,14H,6-8,11H2,1-5H3,(H,20,21). The van der Waals surface area contributed by atoms with Crippen LogP contribution in [-0.2, 0) is 11.2 Å². The van der Waals surface area contributed by atoms with Crippen LogP contribution in [0.15, 0.2) is 18.2 Å². The Balaban J connectivity index is 2.92. The molecule has 4 heteroatoms. The third-order valence-electron chi connectivity index (χ3n) is 3.33. The molecule has 0 fully saturated rings. The lowest BCUT2D eigenvalue weighted by atomic mass is 9.95. The maximum Gasteiger partial charge on any atom is 0.229 e. The smallest absolute Gasteiger partial charge is 0.229 e. The molecule has 0 aliphatic carbocycles. The van der Waals surface area contributed by atoms with Gasteiger partial charge in [-0.25, -0.2) is 0 Å². The molecule has 0 radical (unpaired) electrons. The fourth-order valence-corrected chi connectivity index (χ4v) is 2.88. The highest BCUT2D eigenvalue weighted by molar-refractivity contribution is 9.09. The lowest BCUT2D eigenvalue weighted by Gasteiger charge is -2.20. The highest BCUT2D eigenvalue weighted by atomic mass is 79.9. The van der Waals surface area contributed by atoms with E-state index in [1.54, 1.807) is 0 Å². The second-order valence-electron chi connectivity index (χ2n) is 6.56. The molecule has 3 nitrogen and oxygen atoms in total. The second-order valence-corrected chi connectivity index (χ2v) is 7.85. The second kappa shape index (κ2) is 8.56. The van der Waals surface area contributed by atoms with Gasteiger partial charge in [-0.2, -0.15) is 0 Å². The van der Waals surface area contributed by atoms with Gasteiger partial charge in [0.15, 0.2) is 0 Å². The maximum absolute atomic E-state index is 12.2. The third-order valence-corrected chi connectivity index (χ3v) is 4.12. The van der Waals surface area contributed by atoms with Crippen LogP contribution in [0.3, 0.4) is 0 Å². The minimum atomic E-state index is -0.426. The first-order valence-electron chi connectivity index (χ1n) is 7.99. The Bertz CT molecular complexity index is 494. The average molecular weight is 370 g/mol. The number of rotatable bonds is 7. The molecule has 1 aromatic carbocycles. The number of ether oxygens (including phenoxy) is 1. The van der Waals surface area contributed by atoms with E-state index in [0.717, 1.165) is 30.7 Å². The van der Waals surface area contributed by atoms with Gasteiger partial charge in [-0.3, -0.25) is 4.79 Å². The zero-order valence-electron chi connectivity index (χ0n) is 14.3. The Morgan fingerprint density at radius 3 is 2.55 bits per heavy atom. The summed E-state index contributed by atoms with van der Waals surface area (Å²) in [6.07, 6.45) is 3.27. The number of alkyl halides is 1. The molecule has 0 saturated heterocycles. The van der Waals surface area contributed by atoms with E-state index in [1.165, 1.54) is 5.56 Å². The number of halogens is 1. The van der Waals surface area contributed by atoms with E-state index in [1.807, 2.05) is 39.8 Å². The molecule has 1 unspecified atom stereocenters. The van der Waals surface area contributed by atoms with Crippen molar-refractivity contribution in [2.24, 2.45) is 5.41 Å². The molecule has 1 atom stereocenters. The predicted octanol–water partition coefficient (Wildman–Crippen LogP) is 5.18. The van der Waals surface area contributed by atoms with Gasteiger partial charge in [-0.05, 0) is 37.5 Å². The summed E-state index contributed by atoms with van der Waals surface area (Å²) in [5.41, 5.74) is 1.53. The molecule has 124 valence electrons. The molecule has 0 aromatic heterocycles. The molecule has 1 amide bonds. The van der Waals surface area contributed by atoms with Gasteiger partial charge in [-0.1, -0.05) is 56.1 Å². The highest BCUT2D eigenvalue weighted by Crippen LogP contribution is 2.29. The van der Waals surface area contributed by atoms with Crippen molar-refractivity contribution < 1.29 is 9.53 Å². The molecular formula is C18H28BrNO2. The summed E-state index contributed by atoms with van der Waals surface area (Å²) < 4.78 is 5.70. The number of carbonyl (C=O) groups excluding carboxylic acids is 1. The minimum absolute atomic E-state index is 0.00875. The Labute approximate surface area is 143 Å². The van der Waals surface area contributed by atoms with Crippen molar-refractivity contribution in [3.8, 4) is 5.75 Å². The van der Waals surface area contributed by atoms with Gasteiger partial charge < -0.3 is 10.1 Å². The van der Waals surface area contributed by atoms with Gasteiger partial charge in [0.05, 0.1) is 12.3 Å². The van der Waals surface area contributed by atoms with Crippen LogP contribution >= 0.6 is 15.9 Å². The van der Waals surface area contributed by atoms with E-state index in [9.17, 15) is 4.79 Å². The SMILES string of the molecule is CCCC(Br)Cc1ccc(NC(=O)C(C)(C)C)c(OCC)c1.